The van der Waals surface area contributed by atoms with E-state index in [9.17, 15) is 5.26 Å². The van der Waals surface area contributed by atoms with Crippen molar-refractivity contribution in [2.75, 3.05) is 17.2 Å². The monoisotopic (exact) mass is 396 g/mol. The first-order valence-electron chi connectivity index (χ1n) is 9.87. The van der Waals surface area contributed by atoms with Crippen molar-refractivity contribution in [2.24, 2.45) is 11.1 Å². The van der Waals surface area contributed by atoms with Gasteiger partial charge in [0.2, 0.25) is 0 Å². The third kappa shape index (κ3) is 4.37. The number of nitrogens with two attached hydrogens (primary N) is 1. The maximum atomic E-state index is 9.23. The number of halogens is 1. The highest BCUT2D eigenvalue weighted by Gasteiger charge is 2.42. The molecule has 0 radical (unpaired) electrons. The Morgan fingerprint density at radius 3 is 2.71 bits per heavy atom. The third-order valence-corrected chi connectivity index (χ3v) is 6.00. The van der Waals surface area contributed by atoms with E-state index >= 15 is 0 Å². The molecule has 4 rings (SSSR count). The average Bonchev–Trinajstić information content (AvgIpc) is 3.50. The van der Waals surface area contributed by atoms with Gasteiger partial charge in [0.25, 0.3) is 0 Å². The van der Waals surface area contributed by atoms with Gasteiger partial charge in [-0.15, -0.1) is 0 Å². The van der Waals surface area contributed by atoms with Crippen molar-refractivity contribution in [2.45, 2.75) is 50.6 Å². The van der Waals surface area contributed by atoms with Gasteiger partial charge < -0.3 is 16.4 Å². The molecule has 6 nitrogen and oxygen atoms in total. The summed E-state index contributed by atoms with van der Waals surface area (Å²) in [7, 11) is 0. The van der Waals surface area contributed by atoms with Crippen LogP contribution in [0.25, 0.3) is 11.3 Å². The predicted molar refractivity (Wildman–Crippen MR) is 112 cm³/mol. The van der Waals surface area contributed by atoms with E-state index < -0.39 is 0 Å². The van der Waals surface area contributed by atoms with Crippen LogP contribution in [0, 0.1) is 16.7 Å². The lowest BCUT2D eigenvalue weighted by molar-refractivity contribution is 0.410. The molecular formula is C21H25ClN6. The number of hydrogen-bond donors (Lipinski definition) is 3. The number of nitrogens with zero attached hydrogens (tertiary/aromatic N) is 3. The minimum absolute atomic E-state index is 0.217. The number of aromatic nitrogens is 2. The van der Waals surface area contributed by atoms with E-state index in [1.807, 2.05) is 24.3 Å². The Morgan fingerprint density at radius 1 is 1.21 bits per heavy atom. The molecule has 4 N–H and O–H groups in total. The van der Waals surface area contributed by atoms with Crippen molar-refractivity contribution >= 4 is 23.2 Å². The zero-order chi connectivity index (χ0) is 19.6. The molecule has 0 amide bonds. The Morgan fingerprint density at radius 2 is 2.00 bits per heavy atom. The summed E-state index contributed by atoms with van der Waals surface area (Å²) in [4.78, 5) is 9.12. The second-order valence-corrected chi connectivity index (χ2v) is 8.37. The third-order valence-electron chi connectivity index (χ3n) is 5.70. The van der Waals surface area contributed by atoms with Crippen molar-refractivity contribution in [1.82, 2.24) is 9.97 Å². The summed E-state index contributed by atoms with van der Waals surface area (Å²) in [5, 5.41) is 16.6. The Labute approximate surface area is 170 Å². The van der Waals surface area contributed by atoms with Gasteiger partial charge in [-0.25, -0.2) is 9.97 Å². The van der Waals surface area contributed by atoms with Crippen LogP contribution in [0.3, 0.4) is 0 Å². The Hall–Kier alpha value is -2.36. The molecule has 2 aromatic rings. The topological polar surface area (TPSA) is 99.7 Å². The second-order valence-electron chi connectivity index (χ2n) is 7.96. The molecule has 0 bridgehead atoms. The maximum absolute atomic E-state index is 9.23. The number of pyridine rings is 2. The van der Waals surface area contributed by atoms with Gasteiger partial charge in [-0.1, -0.05) is 17.7 Å². The van der Waals surface area contributed by atoms with E-state index in [2.05, 4.69) is 26.7 Å². The lowest BCUT2D eigenvalue weighted by atomic mass is 9.92. The Kier molecular flexibility index (Phi) is 5.38. The summed E-state index contributed by atoms with van der Waals surface area (Å²) < 4.78 is 0. The molecule has 2 heterocycles. The van der Waals surface area contributed by atoms with Crippen LogP contribution in [0.1, 0.15) is 38.5 Å². The van der Waals surface area contributed by atoms with Crippen molar-refractivity contribution in [3.63, 3.8) is 0 Å². The molecule has 7 heteroatoms. The molecule has 0 aromatic carbocycles. The van der Waals surface area contributed by atoms with Gasteiger partial charge in [0.15, 0.2) is 0 Å². The van der Waals surface area contributed by atoms with E-state index in [1.165, 1.54) is 0 Å². The molecule has 0 saturated heterocycles. The van der Waals surface area contributed by atoms with Crippen molar-refractivity contribution in [1.29, 1.82) is 5.26 Å². The van der Waals surface area contributed by atoms with Gasteiger partial charge >= 0.3 is 0 Å². The summed E-state index contributed by atoms with van der Waals surface area (Å²) in [5.74, 6) is 1.56. The number of nitrogens with one attached hydrogen (secondary N) is 2. The number of anilines is 2. The number of hydrogen-bond acceptors (Lipinski definition) is 6. The van der Waals surface area contributed by atoms with Gasteiger partial charge in [0, 0.05) is 30.4 Å². The molecule has 0 aliphatic heterocycles. The largest absolute Gasteiger partial charge is 0.368 e. The Balaban J connectivity index is 1.49. The normalized spacial score (nSPS) is 22.9. The fraction of sp³-hybridized carbons (Fsp3) is 0.476. The second kappa shape index (κ2) is 7.94. The maximum Gasteiger partial charge on any atom is 0.126 e. The minimum atomic E-state index is -0.217. The van der Waals surface area contributed by atoms with Crippen LogP contribution in [0.15, 0.2) is 30.5 Å². The van der Waals surface area contributed by atoms with E-state index in [4.69, 9.17) is 17.3 Å². The molecule has 2 aliphatic rings. The van der Waals surface area contributed by atoms with Crippen molar-refractivity contribution in [3.05, 3.63) is 35.5 Å². The summed E-state index contributed by atoms with van der Waals surface area (Å²) in [6, 6.07) is 10.9. The molecule has 28 heavy (non-hydrogen) atoms. The summed E-state index contributed by atoms with van der Waals surface area (Å²) >= 11 is 6.42. The zero-order valence-corrected chi connectivity index (χ0v) is 16.5. The molecule has 2 fully saturated rings. The standard InChI is InChI=1S/C21H25ClN6/c22-17-11-25-20(27-15-6-4-14(24)5-7-15)10-16(17)18-2-1-3-19(28-18)26-13-21(12-23)8-9-21/h1-3,10-11,14-15H,4-9,13,24H2,(H,25,27)(H,26,28). The summed E-state index contributed by atoms with van der Waals surface area (Å²) in [5.41, 5.74) is 7.41. The molecule has 146 valence electrons. The summed E-state index contributed by atoms with van der Waals surface area (Å²) in [6.45, 7) is 0.626. The first-order chi connectivity index (χ1) is 13.6. The fourth-order valence-electron chi connectivity index (χ4n) is 3.61. The zero-order valence-electron chi connectivity index (χ0n) is 15.8. The minimum Gasteiger partial charge on any atom is -0.368 e. The average molecular weight is 397 g/mol. The molecule has 2 aliphatic carbocycles. The summed E-state index contributed by atoms with van der Waals surface area (Å²) in [6.07, 6.45) is 7.76. The van der Waals surface area contributed by atoms with Gasteiger partial charge in [-0.05, 0) is 56.7 Å². The van der Waals surface area contributed by atoms with Gasteiger partial charge in [0.05, 0.1) is 22.2 Å². The van der Waals surface area contributed by atoms with Gasteiger partial charge in [-0.3, -0.25) is 0 Å². The fourth-order valence-corrected chi connectivity index (χ4v) is 3.81. The van der Waals surface area contributed by atoms with Crippen LogP contribution in [0.5, 0.6) is 0 Å². The number of nitriles is 1. The van der Waals surface area contributed by atoms with Crippen LogP contribution >= 0.6 is 11.6 Å². The first-order valence-corrected chi connectivity index (χ1v) is 10.2. The molecule has 0 atom stereocenters. The molecule has 0 unspecified atom stereocenters. The smallest absolute Gasteiger partial charge is 0.126 e. The van der Waals surface area contributed by atoms with Crippen LogP contribution in [-0.4, -0.2) is 28.6 Å². The molecule has 2 saturated carbocycles. The highest BCUT2D eigenvalue weighted by molar-refractivity contribution is 6.33. The van der Waals surface area contributed by atoms with Crippen LogP contribution in [-0.2, 0) is 0 Å². The van der Waals surface area contributed by atoms with E-state index in [0.717, 1.165) is 61.4 Å². The van der Waals surface area contributed by atoms with Crippen molar-refractivity contribution < 1.29 is 0 Å². The van der Waals surface area contributed by atoms with Crippen LogP contribution in [0.2, 0.25) is 5.02 Å². The molecule has 0 spiro atoms. The van der Waals surface area contributed by atoms with E-state index in [1.54, 1.807) is 6.20 Å². The quantitative estimate of drug-likeness (QED) is 0.676. The first kappa shape index (κ1) is 19.0. The van der Waals surface area contributed by atoms with Crippen LogP contribution < -0.4 is 16.4 Å². The van der Waals surface area contributed by atoms with E-state index in [-0.39, 0.29) is 5.41 Å². The molecular weight excluding hydrogens is 372 g/mol. The SMILES string of the molecule is N#CC1(CNc2cccc(-c3cc(NC4CCC(N)CC4)ncc3Cl)n2)CC1. The number of rotatable bonds is 6. The van der Waals surface area contributed by atoms with Gasteiger partial charge in [0.1, 0.15) is 11.6 Å². The van der Waals surface area contributed by atoms with E-state index in [0.29, 0.717) is 23.7 Å². The molecule has 2 aromatic heterocycles. The van der Waals surface area contributed by atoms with Crippen molar-refractivity contribution in [3.8, 4) is 17.3 Å². The Bertz CT molecular complexity index is 881. The lowest BCUT2D eigenvalue weighted by Crippen LogP contribution is -2.33. The van der Waals surface area contributed by atoms with Gasteiger partial charge in [-0.2, -0.15) is 5.26 Å². The highest BCUT2D eigenvalue weighted by Crippen LogP contribution is 2.44. The lowest BCUT2D eigenvalue weighted by Gasteiger charge is -2.27. The highest BCUT2D eigenvalue weighted by atomic mass is 35.5. The van der Waals surface area contributed by atoms with Crippen LogP contribution in [0.4, 0.5) is 11.6 Å². The predicted octanol–water partition coefficient (Wildman–Crippen LogP) is 4.19.